The summed E-state index contributed by atoms with van der Waals surface area (Å²) in [5, 5.41) is 11.4. The van der Waals surface area contributed by atoms with Gasteiger partial charge in [0.15, 0.2) is 0 Å². The van der Waals surface area contributed by atoms with Gasteiger partial charge in [-0.15, -0.1) is 0 Å². The van der Waals surface area contributed by atoms with Gasteiger partial charge in [0, 0.05) is 24.1 Å². The number of aryl methyl sites for hydroxylation is 1. The van der Waals surface area contributed by atoms with E-state index >= 15 is 0 Å². The standard InChI is InChI=1S/C14H17N3O2/c1-10-9-12(14(19)16-7-8-18)11(2)17(10)13-5-3-4-6-15-13/h3-6,9,18H,7-8H2,1-2H3,(H,16,19). The van der Waals surface area contributed by atoms with Crippen LogP contribution in [-0.4, -0.2) is 33.7 Å². The van der Waals surface area contributed by atoms with Gasteiger partial charge < -0.3 is 15.0 Å². The fourth-order valence-corrected chi connectivity index (χ4v) is 2.10. The summed E-state index contributed by atoms with van der Waals surface area (Å²) in [4.78, 5) is 16.3. The average Bonchev–Trinajstić information content (AvgIpc) is 2.72. The average molecular weight is 259 g/mol. The Morgan fingerprint density at radius 3 is 2.84 bits per heavy atom. The van der Waals surface area contributed by atoms with E-state index in [9.17, 15) is 4.79 Å². The zero-order valence-corrected chi connectivity index (χ0v) is 11.1. The van der Waals surface area contributed by atoms with Crippen LogP contribution in [0.25, 0.3) is 5.82 Å². The third-order valence-electron chi connectivity index (χ3n) is 2.95. The van der Waals surface area contributed by atoms with Crippen LogP contribution in [0.15, 0.2) is 30.5 Å². The third kappa shape index (κ3) is 2.66. The molecule has 0 aliphatic carbocycles. The smallest absolute Gasteiger partial charge is 0.253 e. The third-order valence-corrected chi connectivity index (χ3v) is 2.95. The van der Waals surface area contributed by atoms with E-state index in [0.717, 1.165) is 17.2 Å². The van der Waals surface area contributed by atoms with Crippen LogP contribution in [0, 0.1) is 13.8 Å². The van der Waals surface area contributed by atoms with E-state index in [1.54, 1.807) is 6.20 Å². The highest BCUT2D eigenvalue weighted by Crippen LogP contribution is 2.19. The van der Waals surface area contributed by atoms with Crippen molar-refractivity contribution in [3.05, 3.63) is 47.4 Å². The largest absolute Gasteiger partial charge is 0.395 e. The second-order valence-corrected chi connectivity index (χ2v) is 4.29. The highest BCUT2D eigenvalue weighted by Gasteiger charge is 2.16. The van der Waals surface area contributed by atoms with E-state index in [1.807, 2.05) is 42.7 Å². The molecular formula is C14H17N3O2. The van der Waals surface area contributed by atoms with Crippen molar-refractivity contribution < 1.29 is 9.90 Å². The van der Waals surface area contributed by atoms with Crippen LogP contribution in [0.2, 0.25) is 0 Å². The fourth-order valence-electron chi connectivity index (χ4n) is 2.10. The molecule has 5 nitrogen and oxygen atoms in total. The Kier molecular flexibility index (Phi) is 3.97. The van der Waals surface area contributed by atoms with E-state index < -0.39 is 0 Å². The van der Waals surface area contributed by atoms with Crippen molar-refractivity contribution in [1.29, 1.82) is 0 Å². The summed E-state index contributed by atoms with van der Waals surface area (Å²) in [5.41, 5.74) is 2.40. The first-order valence-electron chi connectivity index (χ1n) is 6.14. The molecule has 0 saturated carbocycles. The van der Waals surface area contributed by atoms with Gasteiger partial charge in [0.1, 0.15) is 5.82 Å². The summed E-state index contributed by atoms with van der Waals surface area (Å²) >= 11 is 0. The van der Waals surface area contributed by atoms with Gasteiger partial charge in [-0.3, -0.25) is 4.79 Å². The first kappa shape index (κ1) is 13.3. The molecule has 0 radical (unpaired) electrons. The molecule has 2 rings (SSSR count). The summed E-state index contributed by atoms with van der Waals surface area (Å²) in [7, 11) is 0. The lowest BCUT2D eigenvalue weighted by atomic mass is 10.2. The molecule has 100 valence electrons. The number of amides is 1. The number of carbonyl (C=O) groups is 1. The van der Waals surface area contributed by atoms with Gasteiger partial charge in [-0.25, -0.2) is 4.98 Å². The molecule has 0 atom stereocenters. The number of aliphatic hydroxyl groups is 1. The second-order valence-electron chi connectivity index (χ2n) is 4.29. The summed E-state index contributed by atoms with van der Waals surface area (Å²) in [6, 6.07) is 7.49. The van der Waals surface area contributed by atoms with Gasteiger partial charge in [0.25, 0.3) is 5.91 Å². The number of hydrogen-bond acceptors (Lipinski definition) is 3. The highest BCUT2D eigenvalue weighted by molar-refractivity contribution is 5.95. The Hall–Kier alpha value is -2.14. The highest BCUT2D eigenvalue weighted by atomic mass is 16.3. The maximum atomic E-state index is 12.0. The Balaban J connectivity index is 2.38. The molecule has 2 heterocycles. The zero-order chi connectivity index (χ0) is 13.8. The van der Waals surface area contributed by atoms with Crippen LogP contribution in [0.1, 0.15) is 21.7 Å². The molecule has 2 aromatic heterocycles. The first-order valence-corrected chi connectivity index (χ1v) is 6.14. The van der Waals surface area contributed by atoms with Crippen molar-refractivity contribution in [1.82, 2.24) is 14.9 Å². The lowest BCUT2D eigenvalue weighted by molar-refractivity contribution is 0.0944. The van der Waals surface area contributed by atoms with Crippen molar-refractivity contribution in [2.24, 2.45) is 0 Å². The molecule has 2 aromatic rings. The summed E-state index contributed by atoms with van der Waals surface area (Å²) in [5.74, 6) is 0.614. The van der Waals surface area contributed by atoms with E-state index in [1.165, 1.54) is 0 Å². The Labute approximate surface area is 111 Å². The number of rotatable bonds is 4. The van der Waals surface area contributed by atoms with Crippen LogP contribution >= 0.6 is 0 Å². The topological polar surface area (TPSA) is 67.2 Å². The maximum Gasteiger partial charge on any atom is 0.253 e. The second kappa shape index (κ2) is 5.67. The molecule has 1 amide bonds. The quantitative estimate of drug-likeness (QED) is 0.867. The molecule has 0 fully saturated rings. The summed E-state index contributed by atoms with van der Waals surface area (Å²) in [6.07, 6.45) is 1.72. The Morgan fingerprint density at radius 2 is 2.21 bits per heavy atom. The molecule has 5 heteroatoms. The molecule has 0 spiro atoms. The molecule has 0 aliphatic rings. The molecule has 0 aromatic carbocycles. The van der Waals surface area contributed by atoms with Crippen molar-refractivity contribution in [2.75, 3.05) is 13.2 Å². The van der Waals surface area contributed by atoms with Gasteiger partial charge in [0.2, 0.25) is 0 Å². The van der Waals surface area contributed by atoms with Crippen LogP contribution in [-0.2, 0) is 0 Å². The molecule has 19 heavy (non-hydrogen) atoms. The molecule has 0 saturated heterocycles. The number of pyridine rings is 1. The Bertz CT molecular complexity index is 576. The molecular weight excluding hydrogens is 242 g/mol. The van der Waals surface area contributed by atoms with E-state index in [2.05, 4.69) is 10.3 Å². The van der Waals surface area contributed by atoms with Crippen LogP contribution in [0.4, 0.5) is 0 Å². The van der Waals surface area contributed by atoms with Gasteiger partial charge in [-0.05, 0) is 32.0 Å². The minimum Gasteiger partial charge on any atom is -0.395 e. The van der Waals surface area contributed by atoms with E-state index in [-0.39, 0.29) is 19.1 Å². The lowest BCUT2D eigenvalue weighted by Gasteiger charge is -2.08. The summed E-state index contributed by atoms with van der Waals surface area (Å²) in [6.45, 7) is 4.01. The SMILES string of the molecule is Cc1cc(C(=O)NCCO)c(C)n1-c1ccccn1. The number of nitrogens with one attached hydrogen (secondary N) is 1. The van der Waals surface area contributed by atoms with Crippen molar-refractivity contribution in [2.45, 2.75) is 13.8 Å². The predicted molar refractivity (Wildman–Crippen MR) is 72.5 cm³/mol. The van der Waals surface area contributed by atoms with E-state index in [0.29, 0.717) is 5.56 Å². The van der Waals surface area contributed by atoms with Crippen LogP contribution in [0.5, 0.6) is 0 Å². The van der Waals surface area contributed by atoms with Crippen LogP contribution < -0.4 is 5.32 Å². The molecule has 0 bridgehead atoms. The maximum absolute atomic E-state index is 12.0. The molecule has 0 aliphatic heterocycles. The monoisotopic (exact) mass is 259 g/mol. The van der Waals surface area contributed by atoms with Crippen LogP contribution in [0.3, 0.4) is 0 Å². The number of carbonyl (C=O) groups excluding carboxylic acids is 1. The minimum atomic E-state index is -0.177. The van der Waals surface area contributed by atoms with Gasteiger partial charge in [-0.1, -0.05) is 6.07 Å². The molecule has 2 N–H and O–H groups in total. The van der Waals surface area contributed by atoms with Crippen molar-refractivity contribution in [3.8, 4) is 5.82 Å². The van der Waals surface area contributed by atoms with Gasteiger partial charge in [-0.2, -0.15) is 0 Å². The zero-order valence-electron chi connectivity index (χ0n) is 11.1. The predicted octanol–water partition coefficient (Wildman–Crippen LogP) is 1.21. The summed E-state index contributed by atoms with van der Waals surface area (Å²) < 4.78 is 1.94. The molecule has 0 unspecified atom stereocenters. The number of aromatic nitrogens is 2. The van der Waals surface area contributed by atoms with Gasteiger partial charge >= 0.3 is 0 Å². The van der Waals surface area contributed by atoms with Crippen molar-refractivity contribution >= 4 is 5.91 Å². The number of hydrogen-bond donors (Lipinski definition) is 2. The minimum absolute atomic E-state index is 0.0648. The number of nitrogens with zero attached hydrogens (tertiary/aromatic N) is 2. The Morgan fingerprint density at radius 1 is 1.42 bits per heavy atom. The fraction of sp³-hybridized carbons (Fsp3) is 0.286. The number of aliphatic hydroxyl groups excluding tert-OH is 1. The normalized spacial score (nSPS) is 10.5. The van der Waals surface area contributed by atoms with E-state index in [4.69, 9.17) is 5.11 Å². The lowest BCUT2D eigenvalue weighted by Crippen LogP contribution is -2.26. The van der Waals surface area contributed by atoms with Crippen molar-refractivity contribution in [3.63, 3.8) is 0 Å². The van der Waals surface area contributed by atoms with Gasteiger partial charge in [0.05, 0.1) is 12.2 Å². The first-order chi connectivity index (χ1) is 9.15.